The van der Waals surface area contributed by atoms with Gasteiger partial charge in [0.2, 0.25) is 0 Å². The molecule has 0 N–H and O–H groups in total. The van der Waals surface area contributed by atoms with E-state index < -0.39 is 10.1 Å². The highest BCUT2D eigenvalue weighted by Crippen LogP contribution is 2.35. The van der Waals surface area contributed by atoms with Gasteiger partial charge in [-0.15, -0.1) is 11.3 Å². The van der Waals surface area contributed by atoms with Crippen LogP contribution in [-0.2, 0) is 10.1 Å². The summed E-state index contributed by atoms with van der Waals surface area (Å²) >= 11 is 12.4. The molecule has 0 aliphatic heterocycles. The Bertz CT molecular complexity index is 762. The van der Waals surface area contributed by atoms with E-state index in [1.807, 2.05) is 6.07 Å². The molecule has 0 unspecified atom stereocenters. The molecular formula is C11H5Cl2NO3S2. The van der Waals surface area contributed by atoms with Crippen LogP contribution in [0, 0.1) is 11.3 Å². The van der Waals surface area contributed by atoms with Gasteiger partial charge in [0.05, 0.1) is 16.0 Å². The Labute approximate surface area is 123 Å². The van der Waals surface area contributed by atoms with E-state index in [-0.39, 0.29) is 19.3 Å². The summed E-state index contributed by atoms with van der Waals surface area (Å²) in [5, 5.41) is 8.73. The molecule has 0 radical (unpaired) electrons. The number of benzene rings is 1. The van der Waals surface area contributed by atoms with E-state index in [2.05, 4.69) is 0 Å². The Morgan fingerprint density at radius 3 is 2.58 bits per heavy atom. The molecule has 0 aliphatic carbocycles. The number of thiophene rings is 1. The fourth-order valence-corrected chi connectivity index (χ4v) is 4.31. The molecule has 2 aromatic rings. The van der Waals surface area contributed by atoms with Gasteiger partial charge in [-0.25, -0.2) is 0 Å². The largest absolute Gasteiger partial charge is 0.379 e. The molecule has 1 heterocycles. The molecule has 0 saturated carbocycles. The van der Waals surface area contributed by atoms with Gasteiger partial charge < -0.3 is 4.18 Å². The monoisotopic (exact) mass is 333 g/mol. The Morgan fingerprint density at radius 2 is 2.00 bits per heavy atom. The predicted octanol–water partition coefficient (Wildman–Crippen LogP) is 3.69. The van der Waals surface area contributed by atoms with Crippen LogP contribution < -0.4 is 4.18 Å². The molecule has 0 fully saturated rings. The van der Waals surface area contributed by atoms with Crippen molar-refractivity contribution in [3.63, 3.8) is 0 Å². The van der Waals surface area contributed by atoms with Gasteiger partial charge in [-0.05, 0) is 24.3 Å². The summed E-state index contributed by atoms with van der Waals surface area (Å²) < 4.78 is 29.2. The third-order valence-electron chi connectivity index (χ3n) is 2.06. The Morgan fingerprint density at radius 1 is 1.26 bits per heavy atom. The van der Waals surface area contributed by atoms with Crippen molar-refractivity contribution < 1.29 is 12.6 Å². The minimum absolute atomic E-state index is 0.0291. The first-order valence-electron chi connectivity index (χ1n) is 4.82. The Kier molecular flexibility index (Phi) is 4.02. The topological polar surface area (TPSA) is 67.2 Å². The van der Waals surface area contributed by atoms with Crippen molar-refractivity contribution in [2.75, 3.05) is 0 Å². The molecule has 0 saturated heterocycles. The van der Waals surface area contributed by atoms with Gasteiger partial charge in [-0.1, -0.05) is 29.3 Å². The van der Waals surface area contributed by atoms with Crippen molar-refractivity contribution in [1.29, 1.82) is 5.26 Å². The number of halogens is 2. The highest BCUT2D eigenvalue weighted by Gasteiger charge is 2.23. The van der Waals surface area contributed by atoms with Crippen LogP contribution in [0.4, 0.5) is 0 Å². The fraction of sp³-hybridized carbons (Fsp3) is 0. The standard InChI is InChI=1S/C11H5Cl2NO3S2/c12-10-5-9(11(13)18-10)19(15,16)17-8-3-1-2-7(4-8)6-14/h1-5H. The zero-order valence-corrected chi connectivity index (χ0v) is 12.3. The summed E-state index contributed by atoms with van der Waals surface area (Å²) in [5.41, 5.74) is 0.294. The first-order chi connectivity index (χ1) is 8.92. The van der Waals surface area contributed by atoms with E-state index in [9.17, 15) is 8.42 Å². The molecule has 2 rings (SSSR count). The quantitative estimate of drug-likeness (QED) is 0.803. The normalized spacial score (nSPS) is 11.0. The molecule has 19 heavy (non-hydrogen) atoms. The van der Waals surface area contributed by atoms with Crippen LogP contribution >= 0.6 is 34.5 Å². The lowest BCUT2D eigenvalue weighted by atomic mass is 10.2. The Balaban J connectivity index is 2.37. The summed E-state index contributed by atoms with van der Waals surface area (Å²) in [6, 6.07) is 8.91. The zero-order valence-electron chi connectivity index (χ0n) is 9.13. The Hall–Kier alpha value is -1.26. The van der Waals surface area contributed by atoms with Crippen LogP contribution in [0.1, 0.15) is 5.56 Å². The van der Waals surface area contributed by atoms with Crippen molar-refractivity contribution in [3.8, 4) is 11.8 Å². The molecule has 0 spiro atoms. The van der Waals surface area contributed by atoms with Crippen molar-refractivity contribution in [2.24, 2.45) is 0 Å². The maximum Gasteiger partial charge on any atom is 0.341 e. The van der Waals surface area contributed by atoms with Gasteiger partial charge in [0.25, 0.3) is 0 Å². The van der Waals surface area contributed by atoms with E-state index in [1.165, 1.54) is 30.3 Å². The molecule has 0 bridgehead atoms. The SMILES string of the molecule is N#Cc1cccc(OS(=O)(=O)c2cc(Cl)sc2Cl)c1. The number of nitrogens with zero attached hydrogens (tertiary/aromatic N) is 1. The van der Waals surface area contributed by atoms with E-state index in [0.717, 1.165) is 11.3 Å². The molecule has 1 aromatic heterocycles. The average Bonchev–Trinajstić information content (AvgIpc) is 2.69. The lowest BCUT2D eigenvalue weighted by molar-refractivity contribution is 0.486. The van der Waals surface area contributed by atoms with Crippen LogP contribution in [0.2, 0.25) is 8.67 Å². The lowest BCUT2D eigenvalue weighted by Gasteiger charge is -2.05. The second-order valence-corrected chi connectivity index (χ2v) is 7.17. The third kappa shape index (κ3) is 3.19. The highest BCUT2D eigenvalue weighted by molar-refractivity contribution is 7.87. The summed E-state index contributed by atoms with van der Waals surface area (Å²) in [4.78, 5) is -0.188. The average molecular weight is 334 g/mol. The summed E-state index contributed by atoms with van der Waals surface area (Å²) in [6.45, 7) is 0. The second-order valence-electron chi connectivity index (χ2n) is 3.37. The molecule has 0 atom stereocenters. The van der Waals surface area contributed by atoms with Crippen LogP contribution in [0.5, 0.6) is 5.75 Å². The smallest absolute Gasteiger partial charge is 0.341 e. The molecule has 4 nitrogen and oxygen atoms in total. The van der Waals surface area contributed by atoms with Crippen LogP contribution in [0.3, 0.4) is 0 Å². The van der Waals surface area contributed by atoms with Crippen LogP contribution in [0.15, 0.2) is 35.2 Å². The molecule has 1 aromatic carbocycles. The third-order valence-corrected chi connectivity index (χ3v) is 5.07. The highest BCUT2D eigenvalue weighted by atomic mass is 35.5. The van der Waals surface area contributed by atoms with E-state index in [4.69, 9.17) is 32.6 Å². The summed E-state index contributed by atoms with van der Waals surface area (Å²) in [5.74, 6) is 0.0393. The predicted molar refractivity (Wildman–Crippen MR) is 73.3 cm³/mol. The minimum atomic E-state index is -4.06. The molecule has 98 valence electrons. The van der Waals surface area contributed by atoms with Crippen molar-refractivity contribution in [1.82, 2.24) is 0 Å². The van der Waals surface area contributed by atoms with Crippen LogP contribution in [-0.4, -0.2) is 8.42 Å². The van der Waals surface area contributed by atoms with Crippen molar-refractivity contribution >= 4 is 44.7 Å². The summed E-state index contributed by atoms with van der Waals surface area (Å²) in [6.07, 6.45) is 0. The maximum absolute atomic E-state index is 12.0. The fourth-order valence-electron chi connectivity index (χ4n) is 1.28. The van der Waals surface area contributed by atoms with Gasteiger partial charge in [-0.3, -0.25) is 0 Å². The van der Waals surface area contributed by atoms with E-state index in [1.54, 1.807) is 0 Å². The first kappa shape index (κ1) is 14.2. The van der Waals surface area contributed by atoms with E-state index >= 15 is 0 Å². The molecular weight excluding hydrogens is 329 g/mol. The number of rotatable bonds is 3. The lowest BCUT2D eigenvalue weighted by Crippen LogP contribution is -2.09. The maximum atomic E-state index is 12.0. The van der Waals surface area contributed by atoms with Crippen molar-refractivity contribution in [3.05, 3.63) is 44.6 Å². The van der Waals surface area contributed by atoms with Gasteiger partial charge in [0.1, 0.15) is 15.0 Å². The number of nitriles is 1. The van der Waals surface area contributed by atoms with Gasteiger partial charge >= 0.3 is 10.1 Å². The number of hydrogen-bond acceptors (Lipinski definition) is 5. The minimum Gasteiger partial charge on any atom is -0.379 e. The van der Waals surface area contributed by atoms with Gasteiger partial charge in [-0.2, -0.15) is 13.7 Å². The molecule has 0 amide bonds. The zero-order chi connectivity index (χ0) is 14.0. The van der Waals surface area contributed by atoms with Crippen molar-refractivity contribution in [2.45, 2.75) is 4.90 Å². The van der Waals surface area contributed by atoms with E-state index in [0.29, 0.717) is 5.56 Å². The van der Waals surface area contributed by atoms with Crippen LogP contribution in [0.25, 0.3) is 0 Å². The molecule has 0 aliphatic rings. The summed E-state index contributed by atoms with van der Waals surface area (Å²) in [7, 11) is -4.06. The number of hydrogen-bond donors (Lipinski definition) is 0. The molecule has 8 heteroatoms. The second kappa shape index (κ2) is 5.39. The van der Waals surface area contributed by atoms with Gasteiger partial charge in [0.15, 0.2) is 0 Å². The first-order valence-corrected chi connectivity index (χ1v) is 7.80. The van der Waals surface area contributed by atoms with Gasteiger partial charge in [0, 0.05) is 0 Å².